The number of benzene rings is 1. The summed E-state index contributed by atoms with van der Waals surface area (Å²) in [6, 6.07) is 9.79. The van der Waals surface area contributed by atoms with Crippen molar-refractivity contribution < 1.29 is 18.8 Å². The molecule has 2 heterocycles. The van der Waals surface area contributed by atoms with Gasteiger partial charge in [-0.3, -0.25) is 0 Å². The summed E-state index contributed by atoms with van der Waals surface area (Å²) >= 11 is 1.64. The van der Waals surface area contributed by atoms with Gasteiger partial charge in [0.25, 0.3) is 0 Å². The Kier molecular flexibility index (Phi) is 5.17. The summed E-state index contributed by atoms with van der Waals surface area (Å²) in [5.41, 5.74) is 2.11. The van der Waals surface area contributed by atoms with Crippen molar-refractivity contribution in [3.8, 4) is 22.1 Å². The van der Waals surface area contributed by atoms with Gasteiger partial charge in [-0.05, 0) is 30.3 Å². The lowest BCUT2D eigenvalue weighted by molar-refractivity contribution is -0.909. The van der Waals surface area contributed by atoms with Crippen molar-refractivity contribution in [3.63, 3.8) is 0 Å². The van der Waals surface area contributed by atoms with Crippen LogP contribution in [-0.2, 0) is 13.1 Å². The van der Waals surface area contributed by atoms with E-state index in [1.165, 1.54) is 4.90 Å². The summed E-state index contributed by atoms with van der Waals surface area (Å²) in [4.78, 5) is 6.08. The molecule has 0 spiro atoms. The summed E-state index contributed by atoms with van der Waals surface area (Å²) in [5.74, 6) is 2.43. The standard InChI is InChI=1S/C18H20N2O3S/c1-20(11-15-5-4-8-23-15)10-14-12-24-18(19-14)13-6-7-16(21-2)17(9-13)22-3/h4-9,12H,10-11H2,1-3H3/p+1. The molecule has 1 unspecified atom stereocenters. The van der Waals surface area contributed by atoms with Gasteiger partial charge in [-0.25, -0.2) is 4.98 Å². The maximum Gasteiger partial charge on any atom is 0.161 e. The number of aromatic nitrogens is 1. The molecule has 0 bridgehead atoms. The van der Waals surface area contributed by atoms with Gasteiger partial charge in [0.2, 0.25) is 0 Å². The van der Waals surface area contributed by atoms with Crippen molar-refractivity contribution in [3.05, 3.63) is 53.4 Å². The lowest BCUT2D eigenvalue weighted by atomic mass is 10.2. The first-order valence-corrected chi connectivity index (χ1v) is 8.58. The third-order valence-electron chi connectivity index (χ3n) is 3.72. The molecule has 0 amide bonds. The number of ether oxygens (including phenoxy) is 2. The molecule has 0 saturated carbocycles. The third kappa shape index (κ3) is 3.77. The third-order valence-corrected chi connectivity index (χ3v) is 4.66. The summed E-state index contributed by atoms with van der Waals surface area (Å²) < 4.78 is 16.0. The molecule has 1 aromatic carbocycles. The molecule has 0 radical (unpaired) electrons. The first-order valence-electron chi connectivity index (χ1n) is 7.70. The molecule has 24 heavy (non-hydrogen) atoms. The molecule has 0 aliphatic carbocycles. The molecule has 6 heteroatoms. The quantitative estimate of drug-likeness (QED) is 0.715. The molecule has 5 nitrogen and oxygen atoms in total. The number of hydrogen-bond acceptors (Lipinski definition) is 5. The Hall–Kier alpha value is -2.31. The van der Waals surface area contributed by atoms with E-state index in [1.807, 2.05) is 30.3 Å². The summed E-state index contributed by atoms with van der Waals surface area (Å²) in [5, 5.41) is 3.09. The van der Waals surface area contributed by atoms with Crippen LogP contribution in [0.5, 0.6) is 11.5 Å². The van der Waals surface area contributed by atoms with Crippen LogP contribution < -0.4 is 14.4 Å². The Morgan fingerprint density at radius 1 is 1.12 bits per heavy atom. The van der Waals surface area contributed by atoms with Crippen LogP contribution in [0.2, 0.25) is 0 Å². The van der Waals surface area contributed by atoms with Crippen molar-refractivity contribution in [2.75, 3.05) is 21.3 Å². The van der Waals surface area contributed by atoms with E-state index in [0.717, 1.165) is 40.9 Å². The number of rotatable bonds is 7. The number of quaternary nitrogens is 1. The van der Waals surface area contributed by atoms with Crippen LogP contribution in [-0.4, -0.2) is 26.3 Å². The van der Waals surface area contributed by atoms with Crippen molar-refractivity contribution in [1.82, 2.24) is 4.98 Å². The fourth-order valence-corrected chi connectivity index (χ4v) is 3.39. The number of nitrogens with one attached hydrogen (secondary N) is 1. The summed E-state index contributed by atoms with van der Waals surface area (Å²) in [6.45, 7) is 1.70. The van der Waals surface area contributed by atoms with Gasteiger partial charge >= 0.3 is 0 Å². The van der Waals surface area contributed by atoms with Gasteiger partial charge in [-0.15, -0.1) is 11.3 Å². The second-order valence-electron chi connectivity index (χ2n) is 5.60. The number of methoxy groups -OCH3 is 2. The second kappa shape index (κ2) is 7.51. The van der Waals surface area contributed by atoms with Gasteiger partial charge in [-0.1, -0.05) is 0 Å². The first kappa shape index (κ1) is 16.5. The number of thiazole rings is 1. The topological polar surface area (TPSA) is 48.9 Å². The molecular formula is C18H21N2O3S+. The Morgan fingerprint density at radius 2 is 1.96 bits per heavy atom. The summed E-state index contributed by atoms with van der Waals surface area (Å²) in [6.07, 6.45) is 1.71. The molecule has 2 aromatic heterocycles. The zero-order valence-corrected chi connectivity index (χ0v) is 14.9. The maximum absolute atomic E-state index is 5.40. The van der Waals surface area contributed by atoms with Gasteiger partial charge in [0.05, 0.1) is 27.5 Å². The Bertz CT molecular complexity index is 783. The van der Waals surface area contributed by atoms with E-state index in [1.54, 1.807) is 31.8 Å². The molecule has 1 N–H and O–H groups in total. The predicted octanol–water partition coefficient (Wildman–Crippen LogP) is 2.64. The predicted molar refractivity (Wildman–Crippen MR) is 93.7 cm³/mol. The van der Waals surface area contributed by atoms with Gasteiger partial charge in [0, 0.05) is 10.9 Å². The van der Waals surface area contributed by atoms with Crippen molar-refractivity contribution >= 4 is 11.3 Å². The van der Waals surface area contributed by atoms with Crippen molar-refractivity contribution in [2.24, 2.45) is 0 Å². The molecule has 3 rings (SSSR count). The minimum absolute atomic E-state index is 0.715. The Labute approximate surface area is 145 Å². The highest BCUT2D eigenvalue weighted by Crippen LogP contribution is 2.33. The number of nitrogens with zero attached hydrogens (tertiary/aromatic N) is 1. The second-order valence-corrected chi connectivity index (χ2v) is 6.46. The van der Waals surface area contributed by atoms with E-state index in [9.17, 15) is 0 Å². The molecule has 0 saturated heterocycles. The highest BCUT2D eigenvalue weighted by molar-refractivity contribution is 7.13. The van der Waals surface area contributed by atoms with Crippen LogP contribution in [0.3, 0.4) is 0 Å². The first-order chi connectivity index (χ1) is 11.7. The fraction of sp³-hybridized carbons (Fsp3) is 0.278. The van der Waals surface area contributed by atoms with Gasteiger partial charge in [0.1, 0.15) is 23.8 Å². The fourth-order valence-electron chi connectivity index (χ4n) is 2.57. The molecular weight excluding hydrogens is 324 g/mol. The molecule has 1 atom stereocenters. The maximum atomic E-state index is 5.40. The van der Waals surface area contributed by atoms with E-state index >= 15 is 0 Å². The number of furan rings is 1. The normalized spacial score (nSPS) is 12.1. The summed E-state index contributed by atoms with van der Waals surface area (Å²) in [7, 11) is 5.41. The minimum atomic E-state index is 0.715. The molecule has 0 aliphatic rings. The Balaban J connectivity index is 1.71. The van der Waals surface area contributed by atoms with E-state index in [2.05, 4.69) is 12.4 Å². The van der Waals surface area contributed by atoms with E-state index in [4.69, 9.17) is 18.9 Å². The van der Waals surface area contributed by atoms with Gasteiger partial charge in [0.15, 0.2) is 17.3 Å². The lowest BCUT2D eigenvalue weighted by Gasteiger charge is -2.10. The Morgan fingerprint density at radius 3 is 2.67 bits per heavy atom. The highest BCUT2D eigenvalue weighted by atomic mass is 32.1. The average Bonchev–Trinajstić information content (AvgIpc) is 3.26. The van der Waals surface area contributed by atoms with Crippen molar-refractivity contribution in [2.45, 2.75) is 13.1 Å². The van der Waals surface area contributed by atoms with Crippen LogP contribution in [0, 0.1) is 0 Å². The smallest absolute Gasteiger partial charge is 0.161 e. The minimum Gasteiger partial charge on any atom is -0.493 e. The van der Waals surface area contributed by atoms with E-state index in [0.29, 0.717) is 5.75 Å². The molecule has 126 valence electrons. The van der Waals surface area contributed by atoms with Crippen molar-refractivity contribution in [1.29, 1.82) is 0 Å². The average molecular weight is 345 g/mol. The molecule has 0 aliphatic heterocycles. The van der Waals surface area contributed by atoms with Gasteiger partial charge in [-0.2, -0.15) is 0 Å². The zero-order chi connectivity index (χ0) is 16.9. The van der Waals surface area contributed by atoms with E-state index < -0.39 is 0 Å². The van der Waals surface area contributed by atoms with Crippen LogP contribution in [0.25, 0.3) is 10.6 Å². The molecule has 0 fully saturated rings. The largest absolute Gasteiger partial charge is 0.493 e. The van der Waals surface area contributed by atoms with Gasteiger partial charge < -0.3 is 18.8 Å². The lowest BCUT2D eigenvalue weighted by Crippen LogP contribution is -3.06. The van der Waals surface area contributed by atoms with Crippen LogP contribution >= 0.6 is 11.3 Å². The molecule has 3 aromatic rings. The van der Waals surface area contributed by atoms with E-state index in [-0.39, 0.29) is 0 Å². The van der Waals surface area contributed by atoms with Crippen LogP contribution in [0.1, 0.15) is 11.5 Å². The number of hydrogen-bond donors (Lipinski definition) is 1. The zero-order valence-electron chi connectivity index (χ0n) is 14.0. The van der Waals surface area contributed by atoms with Crippen LogP contribution in [0.15, 0.2) is 46.4 Å². The van der Waals surface area contributed by atoms with Crippen LogP contribution in [0.4, 0.5) is 0 Å². The highest BCUT2D eigenvalue weighted by Gasteiger charge is 2.13. The SMILES string of the molecule is COc1ccc(-c2nc(C[NH+](C)Cc3ccco3)cs2)cc1OC. The monoisotopic (exact) mass is 345 g/mol.